The van der Waals surface area contributed by atoms with Gasteiger partial charge in [-0.05, 0) is 33.9 Å². The molecule has 0 aliphatic rings. The van der Waals surface area contributed by atoms with Crippen molar-refractivity contribution in [3.8, 4) is 11.3 Å². The number of rotatable bonds is 1. The second-order valence-corrected chi connectivity index (χ2v) is 5.15. The molecule has 0 atom stereocenters. The van der Waals surface area contributed by atoms with E-state index in [2.05, 4.69) is 27.6 Å². The fraction of sp³-hybridized carbons (Fsp3) is 0. The lowest BCUT2D eigenvalue weighted by Crippen LogP contribution is -2.26. The molecule has 0 unspecified atom stereocenters. The van der Waals surface area contributed by atoms with E-state index in [1.807, 2.05) is 47.2 Å². The summed E-state index contributed by atoms with van der Waals surface area (Å²) in [6, 6.07) is 14.3. The molecule has 0 amide bonds. The van der Waals surface area contributed by atoms with Gasteiger partial charge in [0.2, 0.25) is 0 Å². The molecule has 3 heterocycles. The van der Waals surface area contributed by atoms with Crippen molar-refractivity contribution in [2.45, 2.75) is 0 Å². The lowest BCUT2D eigenvalue weighted by atomic mass is 10.2. The van der Waals surface area contributed by atoms with Gasteiger partial charge in [0.15, 0.2) is 5.52 Å². The highest BCUT2D eigenvalue weighted by atomic mass is 32.1. The number of pyridine rings is 1. The fourth-order valence-corrected chi connectivity index (χ4v) is 3.20. The topological polar surface area (TPSA) is 29.9 Å². The minimum absolute atomic E-state index is 1.00. The molecule has 3 nitrogen and oxygen atoms in total. The Bertz CT molecular complexity index is 868. The van der Waals surface area contributed by atoms with Gasteiger partial charge in [-0.2, -0.15) is 0 Å². The van der Waals surface area contributed by atoms with Crippen LogP contribution in [0.5, 0.6) is 0 Å². The predicted molar refractivity (Wildman–Crippen MR) is 76.0 cm³/mol. The number of hydrogen-bond donors (Lipinski definition) is 0. The first kappa shape index (κ1) is 10.6. The van der Waals surface area contributed by atoms with Crippen LogP contribution in [0.15, 0.2) is 60.2 Å². The molecule has 0 saturated heterocycles. The van der Waals surface area contributed by atoms with Crippen molar-refractivity contribution in [2.75, 3.05) is 0 Å². The summed E-state index contributed by atoms with van der Waals surface area (Å²) in [5.41, 5.74) is 3.28. The van der Waals surface area contributed by atoms with E-state index < -0.39 is 0 Å². The standard InChI is InChI=1S/C15H10N3S/c1-2-5-11(6-3-1)13-10-19-15-14-12(7-4-8-16-14)9-17-18(13)15/h1-10H/q+1. The van der Waals surface area contributed by atoms with Crippen molar-refractivity contribution in [1.82, 2.24) is 10.1 Å². The number of thiazole rings is 1. The highest BCUT2D eigenvalue weighted by Gasteiger charge is 2.20. The lowest BCUT2D eigenvalue weighted by molar-refractivity contribution is -0.564. The average Bonchev–Trinajstić information content (AvgIpc) is 2.92. The van der Waals surface area contributed by atoms with Gasteiger partial charge in [-0.1, -0.05) is 29.5 Å². The first-order valence-corrected chi connectivity index (χ1v) is 6.90. The summed E-state index contributed by atoms with van der Waals surface area (Å²) in [7, 11) is 0. The Morgan fingerprint density at radius 2 is 1.89 bits per heavy atom. The molecule has 4 rings (SSSR count). The average molecular weight is 264 g/mol. The summed E-state index contributed by atoms with van der Waals surface area (Å²) in [6.07, 6.45) is 3.69. The van der Waals surface area contributed by atoms with Crippen molar-refractivity contribution >= 4 is 27.1 Å². The number of aromatic nitrogens is 3. The molecule has 1 aromatic carbocycles. The van der Waals surface area contributed by atoms with E-state index in [0.29, 0.717) is 0 Å². The van der Waals surface area contributed by atoms with E-state index in [4.69, 9.17) is 0 Å². The summed E-state index contributed by atoms with van der Waals surface area (Å²) in [5.74, 6) is 0. The van der Waals surface area contributed by atoms with Crippen LogP contribution in [0.3, 0.4) is 0 Å². The van der Waals surface area contributed by atoms with E-state index in [1.165, 1.54) is 5.56 Å². The third-order valence-electron chi connectivity index (χ3n) is 3.13. The highest BCUT2D eigenvalue weighted by molar-refractivity contribution is 7.16. The van der Waals surface area contributed by atoms with Crippen molar-refractivity contribution in [1.29, 1.82) is 0 Å². The smallest absolute Gasteiger partial charge is 0.248 e. The number of nitrogens with zero attached hydrogens (tertiary/aromatic N) is 3. The molecular weight excluding hydrogens is 254 g/mol. The molecule has 0 fully saturated rings. The third-order valence-corrected chi connectivity index (χ3v) is 4.06. The normalized spacial score (nSPS) is 11.2. The Hall–Kier alpha value is -2.33. The van der Waals surface area contributed by atoms with Gasteiger partial charge in [0.1, 0.15) is 6.20 Å². The van der Waals surface area contributed by atoms with Crippen molar-refractivity contribution < 1.29 is 4.52 Å². The highest BCUT2D eigenvalue weighted by Crippen LogP contribution is 2.23. The quantitative estimate of drug-likeness (QED) is 0.494. The molecule has 3 aromatic heterocycles. The molecule has 90 valence electrons. The van der Waals surface area contributed by atoms with Gasteiger partial charge in [0.05, 0.1) is 10.9 Å². The van der Waals surface area contributed by atoms with Crippen LogP contribution in [0.2, 0.25) is 0 Å². The zero-order chi connectivity index (χ0) is 12.7. The Labute approximate surface area is 113 Å². The van der Waals surface area contributed by atoms with Crippen LogP contribution in [0.1, 0.15) is 0 Å². The molecule has 0 spiro atoms. The SMILES string of the molecule is c1ccc(-c2csc3c4ncccc4cn[n+]23)cc1. The minimum atomic E-state index is 1.00. The molecule has 0 N–H and O–H groups in total. The van der Waals surface area contributed by atoms with E-state index in [9.17, 15) is 0 Å². The molecule has 0 saturated carbocycles. The van der Waals surface area contributed by atoms with E-state index in [1.54, 1.807) is 11.3 Å². The maximum atomic E-state index is 4.53. The van der Waals surface area contributed by atoms with Gasteiger partial charge in [-0.25, -0.2) is 4.98 Å². The maximum Gasteiger partial charge on any atom is 0.320 e. The van der Waals surface area contributed by atoms with E-state index in [-0.39, 0.29) is 0 Å². The van der Waals surface area contributed by atoms with Crippen LogP contribution in [0.4, 0.5) is 0 Å². The maximum absolute atomic E-state index is 4.53. The van der Waals surface area contributed by atoms with Gasteiger partial charge in [0, 0.05) is 11.6 Å². The summed E-state index contributed by atoms with van der Waals surface area (Å²) in [6.45, 7) is 0. The second-order valence-electron chi connectivity index (χ2n) is 4.29. The van der Waals surface area contributed by atoms with Gasteiger partial charge in [0.25, 0.3) is 5.69 Å². The summed E-state index contributed by atoms with van der Waals surface area (Å²) in [4.78, 5) is 5.55. The Morgan fingerprint density at radius 1 is 1.00 bits per heavy atom. The molecule has 0 bridgehead atoms. The summed E-state index contributed by atoms with van der Waals surface area (Å²) < 4.78 is 1.97. The number of hydrogen-bond acceptors (Lipinski definition) is 3. The zero-order valence-electron chi connectivity index (χ0n) is 10.0. The van der Waals surface area contributed by atoms with Gasteiger partial charge < -0.3 is 0 Å². The van der Waals surface area contributed by atoms with Crippen LogP contribution in [-0.2, 0) is 0 Å². The van der Waals surface area contributed by atoms with Gasteiger partial charge in [-0.3, -0.25) is 0 Å². The third kappa shape index (κ3) is 1.61. The molecule has 4 heteroatoms. The second kappa shape index (κ2) is 4.10. The van der Waals surface area contributed by atoms with Gasteiger partial charge >= 0.3 is 4.83 Å². The van der Waals surface area contributed by atoms with E-state index in [0.717, 1.165) is 21.4 Å². The largest absolute Gasteiger partial charge is 0.320 e. The Kier molecular flexibility index (Phi) is 2.28. The number of benzene rings is 1. The minimum Gasteiger partial charge on any atom is -0.248 e. The van der Waals surface area contributed by atoms with Crippen LogP contribution in [0, 0.1) is 0 Å². The van der Waals surface area contributed by atoms with Crippen LogP contribution < -0.4 is 4.52 Å². The molecule has 0 aliphatic carbocycles. The number of fused-ring (bicyclic) bond motifs is 3. The molecule has 4 aromatic rings. The van der Waals surface area contributed by atoms with Crippen molar-refractivity contribution in [2.24, 2.45) is 0 Å². The van der Waals surface area contributed by atoms with Crippen molar-refractivity contribution in [3.05, 3.63) is 60.2 Å². The Balaban J connectivity index is 2.08. The summed E-state index contributed by atoms with van der Waals surface area (Å²) in [5, 5.41) is 7.74. The Morgan fingerprint density at radius 3 is 2.79 bits per heavy atom. The van der Waals surface area contributed by atoms with Crippen LogP contribution in [-0.4, -0.2) is 10.1 Å². The van der Waals surface area contributed by atoms with E-state index >= 15 is 0 Å². The van der Waals surface area contributed by atoms with Gasteiger partial charge in [-0.15, -0.1) is 0 Å². The molecular formula is C15H10N3S+. The first-order chi connectivity index (χ1) is 9.43. The molecule has 0 aliphatic heterocycles. The zero-order valence-corrected chi connectivity index (χ0v) is 10.8. The van der Waals surface area contributed by atoms with Crippen molar-refractivity contribution in [3.63, 3.8) is 0 Å². The lowest BCUT2D eigenvalue weighted by Gasteiger charge is -1.93. The van der Waals surface area contributed by atoms with Crippen LogP contribution >= 0.6 is 11.3 Å². The molecule has 19 heavy (non-hydrogen) atoms. The summed E-state index contributed by atoms with van der Waals surface area (Å²) >= 11 is 1.68. The predicted octanol–water partition coefficient (Wildman–Crippen LogP) is 3.10. The fourth-order valence-electron chi connectivity index (χ4n) is 2.21. The van der Waals surface area contributed by atoms with Crippen LogP contribution in [0.25, 0.3) is 27.0 Å². The molecule has 0 radical (unpaired) electrons. The first-order valence-electron chi connectivity index (χ1n) is 6.02. The monoisotopic (exact) mass is 264 g/mol.